The minimum atomic E-state index is -0.278. The molecule has 7 heteroatoms. The molecular formula is C11H22N4O3. The zero-order valence-corrected chi connectivity index (χ0v) is 10.9. The van der Waals surface area contributed by atoms with Gasteiger partial charge in [-0.25, -0.2) is 5.84 Å². The number of rotatable bonds is 5. The molecule has 2 unspecified atom stereocenters. The third-order valence-corrected chi connectivity index (χ3v) is 3.24. The van der Waals surface area contributed by atoms with E-state index in [9.17, 15) is 9.59 Å². The van der Waals surface area contributed by atoms with Crippen LogP contribution in [-0.4, -0.2) is 55.6 Å². The molecular weight excluding hydrogens is 236 g/mol. The maximum atomic E-state index is 11.7. The van der Waals surface area contributed by atoms with Crippen molar-refractivity contribution in [2.24, 2.45) is 5.84 Å². The highest BCUT2D eigenvalue weighted by Gasteiger charge is 2.31. The molecule has 7 nitrogen and oxygen atoms in total. The Morgan fingerprint density at radius 3 is 2.89 bits per heavy atom. The van der Waals surface area contributed by atoms with Crippen LogP contribution in [0.25, 0.3) is 0 Å². The predicted octanol–water partition coefficient (Wildman–Crippen LogP) is -1.41. The van der Waals surface area contributed by atoms with Crippen LogP contribution in [-0.2, 0) is 14.3 Å². The van der Waals surface area contributed by atoms with Gasteiger partial charge in [0.2, 0.25) is 11.8 Å². The summed E-state index contributed by atoms with van der Waals surface area (Å²) >= 11 is 0. The molecule has 0 aromatic heterocycles. The first-order valence-corrected chi connectivity index (χ1v) is 6.14. The standard InChI is InChI=1S/C11H22N4O3/c1-8(3-4-10(16)14-12)15-5-6-18-7-9(15)11(17)13-2/h8-9H,3-7,12H2,1-2H3,(H,13,17)(H,14,16). The number of hydrogen-bond donors (Lipinski definition) is 3. The molecule has 4 N–H and O–H groups in total. The number of nitrogens with two attached hydrogens (primary N) is 1. The molecule has 0 aromatic rings. The average molecular weight is 258 g/mol. The first-order valence-electron chi connectivity index (χ1n) is 6.14. The lowest BCUT2D eigenvalue weighted by Crippen LogP contribution is -2.56. The van der Waals surface area contributed by atoms with Crippen molar-refractivity contribution in [1.82, 2.24) is 15.6 Å². The zero-order chi connectivity index (χ0) is 13.5. The second-order valence-electron chi connectivity index (χ2n) is 4.40. The molecule has 0 aromatic carbocycles. The normalized spacial score (nSPS) is 22.3. The lowest BCUT2D eigenvalue weighted by atomic mass is 10.1. The largest absolute Gasteiger partial charge is 0.378 e. The highest BCUT2D eigenvalue weighted by atomic mass is 16.5. The van der Waals surface area contributed by atoms with Gasteiger partial charge in [-0.1, -0.05) is 0 Å². The summed E-state index contributed by atoms with van der Waals surface area (Å²) in [5.74, 6) is 4.80. The second kappa shape index (κ2) is 7.30. The molecule has 2 atom stereocenters. The summed E-state index contributed by atoms with van der Waals surface area (Å²) in [5, 5.41) is 2.64. The number of nitrogens with one attached hydrogen (secondary N) is 2. The van der Waals surface area contributed by atoms with Crippen LogP contribution in [0.1, 0.15) is 19.8 Å². The van der Waals surface area contributed by atoms with Crippen molar-refractivity contribution < 1.29 is 14.3 Å². The van der Waals surface area contributed by atoms with Crippen molar-refractivity contribution in [3.8, 4) is 0 Å². The van der Waals surface area contributed by atoms with E-state index in [0.29, 0.717) is 32.6 Å². The molecule has 1 rings (SSSR count). The summed E-state index contributed by atoms with van der Waals surface area (Å²) in [6.45, 7) is 3.71. The van der Waals surface area contributed by atoms with Crippen LogP contribution in [0.3, 0.4) is 0 Å². The third-order valence-electron chi connectivity index (χ3n) is 3.24. The first kappa shape index (κ1) is 14.9. The Morgan fingerprint density at radius 1 is 1.56 bits per heavy atom. The van der Waals surface area contributed by atoms with Crippen LogP contribution >= 0.6 is 0 Å². The van der Waals surface area contributed by atoms with Gasteiger partial charge in [-0.2, -0.15) is 0 Å². The van der Waals surface area contributed by atoms with Gasteiger partial charge in [-0.3, -0.25) is 19.9 Å². The molecule has 0 bridgehead atoms. The fourth-order valence-electron chi connectivity index (χ4n) is 2.11. The molecule has 2 amide bonds. The van der Waals surface area contributed by atoms with E-state index in [0.717, 1.165) is 0 Å². The van der Waals surface area contributed by atoms with E-state index in [1.807, 2.05) is 6.92 Å². The minimum absolute atomic E-state index is 0.0511. The molecule has 0 radical (unpaired) electrons. The number of ether oxygens (including phenoxy) is 1. The van der Waals surface area contributed by atoms with Crippen molar-refractivity contribution >= 4 is 11.8 Å². The number of morpholine rings is 1. The number of hydrazine groups is 1. The Morgan fingerprint density at radius 2 is 2.28 bits per heavy atom. The molecule has 0 saturated carbocycles. The second-order valence-corrected chi connectivity index (χ2v) is 4.40. The number of likely N-dealkylation sites (N-methyl/N-ethyl adjacent to an activating group) is 1. The Balaban J connectivity index is 2.54. The lowest BCUT2D eigenvalue weighted by Gasteiger charge is -2.38. The van der Waals surface area contributed by atoms with E-state index in [4.69, 9.17) is 10.6 Å². The van der Waals surface area contributed by atoms with Crippen LogP contribution < -0.4 is 16.6 Å². The van der Waals surface area contributed by atoms with Gasteiger partial charge in [0, 0.05) is 26.1 Å². The molecule has 104 valence electrons. The molecule has 1 heterocycles. The SMILES string of the molecule is CNC(=O)C1COCCN1C(C)CCC(=O)NN. The van der Waals surface area contributed by atoms with Gasteiger partial charge in [-0.05, 0) is 13.3 Å². The lowest BCUT2D eigenvalue weighted by molar-refractivity contribution is -0.134. The summed E-state index contributed by atoms with van der Waals surface area (Å²) in [6, 6.07) is -0.145. The Labute approximate surface area is 107 Å². The van der Waals surface area contributed by atoms with Gasteiger partial charge in [0.05, 0.1) is 13.2 Å². The summed E-state index contributed by atoms with van der Waals surface area (Å²) in [5.41, 5.74) is 2.11. The van der Waals surface area contributed by atoms with E-state index in [1.54, 1.807) is 7.05 Å². The molecule has 1 saturated heterocycles. The van der Waals surface area contributed by atoms with Crippen LogP contribution in [0.5, 0.6) is 0 Å². The first-order chi connectivity index (χ1) is 8.60. The molecule has 1 aliphatic heterocycles. The van der Waals surface area contributed by atoms with Gasteiger partial charge >= 0.3 is 0 Å². The quantitative estimate of drug-likeness (QED) is 0.320. The van der Waals surface area contributed by atoms with Crippen molar-refractivity contribution in [2.45, 2.75) is 31.8 Å². The summed E-state index contributed by atoms with van der Waals surface area (Å²) < 4.78 is 5.33. The molecule has 1 aliphatic rings. The topological polar surface area (TPSA) is 96.7 Å². The van der Waals surface area contributed by atoms with Crippen molar-refractivity contribution in [2.75, 3.05) is 26.8 Å². The van der Waals surface area contributed by atoms with Crippen molar-refractivity contribution in [3.05, 3.63) is 0 Å². The van der Waals surface area contributed by atoms with E-state index < -0.39 is 0 Å². The van der Waals surface area contributed by atoms with E-state index in [-0.39, 0.29) is 23.9 Å². The molecule has 18 heavy (non-hydrogen) atoms. The summed E-state index contributed by atoms with van der Waals surface area (Å²) in [6.07, 6.45) is 1.02. The fourth-order valence-corrected chi connectivity index (χ4v) is 2.11. The van der Waals surface area contributed by atoms with Crippen LogP contribution in [0, 0.1) is 0 Å². The Hall–Kier alpha value is -1.18. The van der Waals surface area contributed by atoms with E-state index in [2.05, 4.69) is 15.6 Å². The average Bonchev–Trinajstić information content (AvgIpc) is 2.43. The highest BCUT2D eigenvalue weighted by molar-refractivity contribution is 5.81. The van der Waals surface area contributed by atoms with Gasteiger partial charge in [-0.15, -0.1) is 0 Å². The van der Waals surface area contributed by atoms with Gasteiger partial charge in [0.25, 0.3) is 0 Å². The van der Waals surface area contributed by atoms with Gasteiger partial charge in [0.1, 0.15) is 6.04 Å². The third kappa shape index (κ3) is 3.94. The van der Waals surface area contributed by atoms with Crippen molar-refractivity contribution in [3.63, 3.8) is 0 Å². The van der Waals surface area contributed by atoms with E-state index in [1.165, 1.54) is 0 Å². The molecule has 0 aliphatic carbocycles. The van der Waals surface area contributed by atoms with Crippen LogP contribution in [0.15, 0.2) is 0 Å². The van der Waals surface area contributed by atoms with Gasteiger partial charge in [0.15, 0.2) is 0 Å². The smallest absolute Gasteiger partial charge is 0.239 e. The minimum Gasteiger partial charge on any atom is -0.378 e. The summed E-state index contributed by atoms with van der Waals surface area (Å²) in [4.78, 5) is 24.9. The maximum Gasteiger partial charge on any atom is 0.239 e. The number of nitrogens with zero attached hydrogens (tertiary/aromatic N) is 1. The fraction of sp³-hybridized carbons (Fsp3) is 0.818. The zero-order valence-electron chi connectivity index (χ0n) is 10.9. The maximum absolute atomic E-state index is 11.7. The number of hydrogen-bond acceptors (Lipinski definition) is 5. The van der Waals surface area contributed by atoms with Gasteiger partial charge < -0.3 is 10.1 Å². The number of carbonyl (C=O) groups excluding carboxylic acids is 2. The summed E-state index contributed by atoms with van der Waals surface area (Å²) in [7, 11) is 1.61. The molecule has 1 fully saturated rings. The number of amides is 2. The van der Waals surface area contributed by atoms with Crippen LogP contribution in [0.4, 0.5) is 0 Å². The van der Waals surface area contributed by atoms with E-state index >= 15 is 0 Å². The predicted molar refractivity (Wildman–Crippen MR) is 66.4 cm³/mol. The Bertz CT molecular complexity index is 298. The monoisotopic (exact) mass is 258 g/mol. The Kier molecular flexibility index (Phi) is 6.03. The van der Waals surface area contributed by atoms with Crippen LogP contribution in [0.2, 0.25) is 0 Å². The highest BCUT2D eigenvalue weighted by Crippen LogP contribution is 2.15. The molecule has 0 spiro atoms. The number of carbonyl (C=O) groups is 2. The van der Waals surface area contributed by atoms with Crippen molar-refractivity contribution in [1.29, 1.82) is 0 Å².